The van der Waals surface area contributed by atoms with E-state index in [4.69, 9.17) is 4.74 Å². The van der Waals surface area contributed by atoms with E-state index in [1.807, 2.05) is 0 Å². The molecule has 4 nitrogen and oxygen atoms in total. The summed E-state index contributed by atoms with van der Waals surface area (Å²) in [7, 11) is 0. The minimum Gasteiger partial charge on any atom is -0.458 e. The molecule has 0 spiro atoms. The molecule has 5 heteroatoms. The molecule has 0 bridgehead atoms. The van der Waals surface area contributed by atoms with Crippen LogP contribution in [0.1, 0.15) is 0 Å². The van der Waals surface area contributed by atoms with Crippen LogP contribution in [0.5, 0.6) is 11.5 Å². The molecule has 53 heavy (non-hydrogen) atoms. The smallest absolute Gasteiger partial charge is 0.256 e. The Hall–Kier alpha value is -6.98. The molecular formula is C48H28BN3O. The van der Waals surface area contributed by atoms with Gasteiger partial charge in [0.15, 0.2) is 0 Å². The molecule has 2 aliphatic rings. The summed E-state index contributed by atoms with van der Waals surface area (Å²) in [6, 6.07) is 62.0. The van der Waals surface area contributed by atoms with E-state index in [2.05, 4.69) is 184 Å². The Morgan fingerprint density at radius 3 is 1.77 bits per heavy atom. The van der Waals surface area contributed by atoms with E-state index in [1.165, 1.54) is 87.5 Å². The third-order valence-electron chi connectivity index (χ3n) is 11.9. The zero-order valence-electron chi connectivity index (χ0n) is 28.5. The Labute approximate surface area is 304 Å². The van der Waals surface area contributed by atoms with Crippen LogP contribution in [-0.2, 0) is 0 Å². The van der Waals surface area contributed by atoms with Crippen molar-refractivity contribution in [2.75, 3.05) is 0 Å². The molecule has 3 aromatic heterocycles. The van der Waals surface area contributed by atoms with Gasteiger partial charge in [-0.2, -0.15) is 0 Å². The topological polar surface area (TPSA) is 24.0 Å². The van der Waals surface area contributed by atoms with Crippen LogP contribution in [0.2, 0.25) is 0 Å². The first kappa shape index (κ1) is 27.7. The van der Waals surface area contributed by atoms with Crippen molar-refractivity contribution in [2.24, 2.45) is 0 Å². The predicted molar refractivity (Wildman–Crippen MR) is 221 cm³/mol. The lowest BCUT2D eigenvalue weighted by molar-refractivity contribution is 0.487. The second kappa shape index (κ2) is 9.87. The van der Waals surface area contributed by atoms with Gasteiger partial charge in [0.1, 0.15) is 11.5 Å². The van der Waals surface area contributed by atoms with Gasteiger partial charge in [0.25, 0.3) is 6.71 Å². The highest BCUT2D eigenvalue weighted by Gasteiger charge is 2.41. The standard InChI is InChI=1S/C48H28BN3O/c1-2-13-29(14-3-1)50-40-23-10-6-17-35(40)45-41(50)26-25-34-33-18-12-20-37-47(33)52(48(34)45)42-27-30(28-44-46(42)49(37)36-19-7-11-24-43(36)53-44)51-38-21-8-4-15-31(38)32-16-5-9-22-39(32)51/h1-28H. The lowest BCUT2D eigenvalue weighted by atomic mass is 9.34. The van der Waals surface area contributed by atoms with Crippen molar-refractivity contribution in [3.05, 3.63) is 170 Å². The van der Waals surface area contributed by atoms with Crippen LogP contribution in [0.4, 0.5) is 0 Å². The number of hydrogen-bond acceptors (Lipinski definition) is 1. The monoisotopic (exact) mass is 673 g/mol. The van der Waals surface area contributed by atoms with Crippen molar-refractivity contribution in [1.29, 1.82) is 0 Å². The number of fused-ring (bicyclic) bond motifs is 14. The van der Waals surface area contributed by atoms with Gasteiger partial charge in [0, 0.05) is 55.3 Å². The number of para-hydroxylation sites is 6. The van der Waals surface area contributed by atoms with E-state index >= 15 is 0 Å². The quantitative estimate of drug-likeness (QED) is 0.168. The van der Waals surface area contributed by atoms with E-state index in [9.17, 15) is 0 Å². The largest absolute Gasteiger partial charge is 0.458 e. The summed E-state index contributed by atoms with van der Waals surface area (Å²) in [5.74, 6) is 1.83. The number of rotatable bonds is 2. The molecule has 0 saturated carbocycles. The Balaban J connectivity index is 1.24. The summed E-state index contributed by atoms with van der Waals surface area (Å²) in [5.41, 5.74) is 14.4. The number of ether oxygens (including phenoxy) is 1. The molecule has 0 atom stereocenters. The zero-order chi connectivity index (χ0) is 34.4. The summed E-state index contributed by atoms with van der Waals surface area (Å²) in [6.07, 6.45) is 0. The molecule has 0 N–H and O–H groups in total. The lowest BCUT2D eigenvalue weighted by Crippen LogP contribution is -2.58. The summed E-state index contributed by atoms with van der Waals surface area (Å²) in [6.45, 7) is 0.0406. The van der Waals surface area contributed by atoms with Crippen LogP contribution in [0.15, 0.2) is 170 Å². The molecule has 0 fully saturated rings. The maximum Gasteiger partial charge on any atom is 0.256 e. The molecule has 5 heterocycles. The first-order valence-electron chi connectivity index (χ1n) is 18.3. The van der Waals surface area contributed by atoms with Crippen molar-refractivity contribution < 1.29 is 4.74 Å². The molecule has 0 radical (unpaired) electrons. The molecule has 244 valence electrons. The summed E-state index contributed by atoms with van der Waals surface area (Å²) in [5, 5.41) is 7.52. The van der Waals surface area contributed by atoms with Crippen molar-refractivity contribution in [1.82, 2.24) is 13.7 Å². The highest BCUT2D eigenvalue weighted by atomic mass is 16.5. The van der Waals surface area contributed by atoms with Crippen LogP contribution < -0.4 is 21.1 Å². The van der Waals surface area contributed by atoms with Crippen LogP contribution in [0, 0.1) is 0 Å². The van der Waals surface area contributed by atoms with Gasteiger partial charge >= 0.3 is 0 Å². The Morgan fingerprint density at radius 1 is 0.377 bits per heavy atom. The minimum absolute atomic E-state index is 0.0406. The maximum atomic E-state index is 6.98. The van der Waals surface area contributed by atoms with E-state index in [1.54, 1.807) is 0 Å². The number of aromatic nitrogens is 3. The average molecular weight is 674 g/mol. The number of nitrogens with zero attached hydrogens (tertiary/aromatic N) is 3. The van der Waals surface area contributed by atoms with E-state index in [-0.39, 0.29) is 6.71 Å². The molecule has 0 amide bonds. The molecular weight excluding hydrogens is 645 g/mol. The Kier molecular flexibility index (Phi) is 5.16. The first-order chi connectivity index (χ1) is 26.3. The van der Waals surface area contributed by atoms with Gasteiger partial charge in [-0.3, -0.25) is 0 Å². The zero-order valence-corrected chi connectivity index (χ0v) is 28.5. The maximum absolute atomic E-state index is 6.98. The molecule has 11 aromatic rings. The fourth-order valence-electron chi connectivity index (χ4n) is 9.86. The molecule has 2 aliphatic heterocycles. The fourth-order valence-corrected chi connectivity index (χ4v) is 9.86. The van der Waals surface area contributed by atoms with Crippen molar-refractivity contribution in [3.63, 3.8) is 0 Å². The molecule has 0 aliphatic carbocycles. The minimum atomic E-state index is 0.0406. The van der Waals surface area contributed by atoms with Gasteiger partial charge in [0.05, 0.1) is 33.3 Å². The van der Waals surface area contributed by atoms with Gasteiger partial charge < -0.3 is 18.4 Å². The first-order valence-corrected chi connectivity index (χ1v) is 18.3. The Bertz CT molecular complexity index is 3330. The van der Waals surface area contributed by atoms with Crippen LogP contribution in [-0.4, -0.2) is 20.4 Å². The van der Waals surface area contributed by atoms with E-state index in [0.717, 1.165) is 22.9 Å². The van der Waals surface area contributed by atoms with Gasteiger partial charge in [0.2, 0.25) is 0 Å². The molecule has 0 unspecified atom stereocenters. The molecule has 0 saturated heterocycles. The second-order valence-corrected chi connectivity index (χ2v) is 14.4. The number of benzene rings is 8. The van der Waals surface area contributed by atoms with Crippen LogP contribution in [0.25, 0.3) is 82.5 Å². The van der Waals surface area contributed by atoms with E-state index in [0.29, 0.717) is 0 Å². The lowest BCUT2D eigenvalue weighted by Gasteiger charge is -2.33. The van der Waals surface area contributed by atoms with E-state index < -0.39 is 0 Å². The molecule has 13 rings (SSSR count). The summed E-state index contributed by atoms with van der Waals surface area (Å²) in [4.78, 5) is 0. The van der Waals surface area contributed by atoms with Gasteiger partial charge in [-0.15, -0.1) is 0 Å². The number of hydrogen-bond donors (Lipinski definition) is 0. The fraction of sp³-hybridized carbons (Fsp3) is 0. The predicted octanol–water partition coefficient (Wildman–Crippen LogP) is 9.91. The average Bonchev–Trinajstić information content (AvgIpc) is 3.86. The summed E-state index contributed by atoms with van der Waals surface area (Å²) < 4.78 is 14.4. The van der Waals surface area contributed by atoms with Crippen molar-refractivity contribution in [2.45, 2.75) is 0 Å². The normalized spacial score (nSPS) is 13.0. The third-order valence-corrected chi connectivity index (χ3v) is 11.9. The van der Waals surface area contributed by atoms with Crippen molar-refractivity contribution >= 4 is 88.5 Å². The van der Waals surface area contributed by atoms with Gasteiger partial charge in [-0.25, -0.2) is 0 Å². The Morgan fingerprint density at radius 2 is 0.981 bits per heavy atom. The highest BCUT2D eigenvalue weighted by Crippen LogP contribution is 2.44. The van der Waals surface area contributed by atoms with Crippen molar-refractivity contribution in [3.8, 4) is 28.6 Å². The highest BCUT2D eigenvalue weighted by molar-refractivity contribution is 6.99. The van der Waals surface area contributed by atoms with Gasteiger partial charge in [-0.05, 0) is 64.9 Å². The van der Waals surface area contributed by atoms with Gasteiger partial charge in [-0.1, -0.05) is 115 Å². The third kappa shape index (κ3) is 3.42. The van der Waals surface area contributed by atoms with Crippen LogP contribution in [0.3, 0.4) is 0 Å². The summed E-state index contributed by atoms with van der Waals surface area (Å²) >= 11 is 0. The second-order valence-electron chi connectivity index (χ2n) is 14.4. The van der Waals surface area contributed by atoms with Crippen LogP contribution >= 0.6 is 0 Å². The SMILES string of the molecule is c1ccc(-n2c3ccccc3c3c2ccc2c4cccc5c4n(c23)-c2cc(-n3c4ccccc4c4ccccc43)cc3c2B5c2ccccc2O3)cc1. The molecule has 8 aromatic carbocycles.